The van der Waals surface area contributed by atoms with Crippen LogP contribution in [0, 0.1) is 12.7 Å². The number of benzene rings is 1. The molecule has 0 bridgehead atoms. The lowest BCUT2D eigenvalue weighted by molar-refractivity contribution is -0.139. The first-order valence-electron chi connectivity index (χ1n) is 4.78. The molecule has 0 saturated carbocycles. The van der Waals surface area contributed by atoms with E-state index in [1.54, 1.807) is 13.0 Å². The number of hydrogen-bond donors (Lipinski definition) is 2. The van der Waals surface area contributed by atoms with Crippen LogP contribution in [0.4, 0.5) is 10.1 Å². The van der Waals surface area contributed by atoms with Crippen molar-refractivity contribution < 1.29 is 19.0 Å². The molecule has 5 heteroatoms. The van der Waals surface area contributed by atoms with Crippen molar-refractivity contribution in [2.45, 2.75) is 13.0 Å². The molecular weight excluding hydrogens is 213 g/mol. The van der Waals surface area contributed by atoms with Gasteiger partial charge in [-0.05, 0) is 30.7 Å². The summed E-state index contributed by atoms with van der Waals surface area (Å²) >= 11 is 0. The molecule has 0 radical (unpaired) electrons. The van der Waals surface area contributed by atoms with Gasteiger partial charge in [0, 0.05) is 12.8 Å². The normalized spacial score (nSPS) is 12.2. The number of carboxylic acids is 1. The third-order valence-corrected chi connectivity index (χ3v) is 2.01. The largest absolute Gasteiger partial charge is 0.480 e. The molecule has 2 N–H and O–H groups in total. The molecule has 0 aliphatic rings. The highest BCUT2D eigenvalue weighted by molar-refractivity contribution is 5.77. The number of anilines is 1. The van der Waals surface area contributed by atoms with Gasteiger partial charge in [-0.15, -0.1) is 0 Å². The van der Waals surface area contributed by atoms with E-state index in [1.807, 2.05) is 0 Å². The predicted molar refractivity (Wildman–Crippen MR) is 58.1 cm³/mol. The zero-order chi connectivity index (χ0) is 12.1. The molecule has 0 aliphatic carbocycles. The minimum Gasteiger partial charge on any atom is -0.480 e. The number of aryl methyl sites for hydroxylation is 1. The Bertz CT molecular complexity index is 361. The maximum absolute atomic E-state index is 13.0. The molecule has 0 aliphatic heterocycles. The van der Waals surface area contributed by atoms with Gasteiger partial charge in [0.2, 0.25) is 0 Å². The second-order valence-electron chi connectivity index (χ2n) is 3.51. The zero-order valence-electron chi connectivity index (χ0n) is 9.16. The average Bonchev–Trinajstić information content (AvgIpc) is 2.15. The molecule has 0 fully saturated rings. The number of carboxylic acid groups (broad SMARTS) is 1. The van der Waals surface area contributed by atoms with Crippen LogP contribution in [0.25, 0.3) is 0 Å². The number of methoxy groups -OCH3 is 1. The Morgan fingerprint density at radius 2 is 2.25 bits per heavy atom. The van der Waals surface area contributed by atoms with Gasteiger partial charge in [0.1, 0.15) is 11.9 Å². The SMILES string of the molecule is COCC(Nc1cc(C)cc(F)c1)C(=O)O. The van der Waals surface area contributed by atoms with Crippen LogP contribution in [0.3, 0.4) is 0 Å². The van der Waals surface area contributed by atoms with Crippen molar-refractivity contribution in [2.24, 2.45) is 0 Å². The Kier molecular flexibility index (Phi) is 4.25. The summed E-state index contributed by atoms with van der Waals surface area (Å²) in [6.07, 6.45) is 0. The first-order chi connectivity index (χ1) is 7.52. The summed E-state index contributed by atoms with van der Waals surface area (Å²) in [5, 5.41) is 11.6. The smallest absolute Gasteiger partial charge is 0.328 e. The third kappa shape index (κ3) is 3.51. The summed E-state index contributed by atoms with van der Waals surface area (Å²) < 4.78 is 17.8. The molecule has 88 valence electrons. The van der Waals surface area contributed by atoms with Gasteiger partial charge in [0.25, 0.3) is 0 Å². The van der Waals surface area contributed by atoms with E-state index in [4.69, 9.17) is 9.84 Å². The first kappa shape index (κ1) is 12.4. The van der Waals surface area contributed by atoms with Crippen LogP contribution < -0.4 is 5.32 Å². The van der Waals surface area contributed by atoms with Crippen LogP contribution >= 0.6 is 0 Å². The number of aliphatic carboxylic acids is 1. The maximum atomic E-state index is 13.0. The minimum absolute atomic E-state index is 0.0187. The summed E-state index contributed by atoms with van der Waals surface area (Å²) in [5.74, 6) is -1.44. The molecule has 4 nitrogen and oxygen atoms in total. The Hall–Kier alpha value is -1.62. The van der Waals surface area contributed by atoms with Crippen LogP contribution in [-0.4, -0.2) is 30.8 Å². The third-order valence-electron chi connectivity index (χ3n) is 2.01. The van der Waals surface area contributed by atoms with Crippen LogP contribution in [0.5, 0.6) is 0 Å². The van der Waals surface area contributed by atoms with E-state index in [9.17, 15) is 9.18 Å². The maximum Gasteiger partial charge on any atom is 0.328 e. The standard InChI is InChI=1S/C11H14FNO3/c1-7-3-8(12)5-9(4-7)13-10(6-16-2)11(14)15/h3-5,10,13H,6H2,1-2H3,(H,14,15). The molecule has 0 heterocycles. The molecule has 1 aromatic carbocycles. The fourth-order valence-corrected chi connectivity index (χ4v) is 1.36. The van der Waals surface area contributed by atoms with Crippen LogP contribution in [0.1, 0.15) is 5.56 Å². The second kappa shape index (κ2) is 5.46. The number of nitrogens with one attached hydrogen (secondary N) is 1. The van der Waals surface area contributed by atoms with Gasteiger partial charge in [0.05, 0.1) is 6.61 Å². The Morgan fingerprint density at radius 1 is 1.56 bits per heavy atom. The molecule has 0 saturated heterocycles. The molecule has 0 amide bonds. The van der Waals surface area contributed by atoms with E-state index in [1.165, 1.54) is 19.2 Å². The van der Waals surface area contributed by atoms with Crippen molar-refractivity contribution >= 4 is 11.7 Å². The van der Waals surface area contributed by atoms with E-state index in [2.05, 4.69) is 5.32 Å². The van der Waals surface area contributed by atoms with E-state index in [0.717, 1.165) is 5.56 Å². The summed E-state index contributed by atoms with van der Waals surface area (Å²) in [6, 6.07) is 3.41. The van der Waals surface area contributed by atoms with Gasteiger partial charge in [-0.2, -0.15) is 0 Å². The van der Waals surface area contributed by atoms with Crippen LogP contribution in [-0.2, 0) is 9.53 Å². The van der Waals surface area contributed by atoms with Crippen LogP contribution in [0.15, 0.2) is 18.2 Å². The van der Waals surface area contributed by atoms with Crippen molar-refractivity contribution in [3.05, 3.63) is 29.6 Å². The molecule has 1 unspecified atom stereocenters. The van der Waals surface area contributed by atoms with Crippen molar-refractivity contribution in [3.8, 4) is 0 Å². The number of hydrogen-bond acceptors (Lipinski definition) is 3. The lowest BCUT2D eigenvalue weighted by Gasteiger charge is -2.15. The minimum atomic E-state index is -1.04. The quantitative estimate of drug-likeness (QED) is 0.803. The lowest BCUT2D eigenvalue weighted by Crippen LogP contribution is -2.33. The summed E-state index contributed by atoms with van der Waals surface area (Å²) in [7, 11) is 1.41. The molecule has 1 atom stereocenters. The van der Waals surface area contributed by atoms with Gasteiger partial charge in [0.15, 0.2) is 0 Å². The number of carbonyl (C=O) groups is 1. The van der Waals surface area contributed by atoms with Gasteiger partial charge < -0.3 is 15.2 Å². The van der Waals surface area contributed by atoms with Gasteiger partial charge in [-0.1, -0.05) is 0 Å². The molecule has 0 aromatic heterocycles. The summed E-state index contributed by atoms with van der Waals surface area (Å²) in [5.41, 5.74) is 1.16. The van der Waals surface area contributed by atoms with Gasteiger partial charge in [-0.3, -0.25) is 0 Å². The average molecular weight is 227 g/mol. The van der Waals surface area contributed by atoms with E-state index >= 15 is 0 Å². The zero-order valence-corrected chi connectivity index (χ0v) is 9.16. The second-order valence-corrected chi connectivity index (χ2v) is 3.51. The number of halogens is 1. The first-order valence-corrected chi connectivity index (χ1v) is 4.78. The van der Waals surface area contributed by atoms with Gasteiger partial charge >= 0.3 is 5.97 Å². The van der Waals surface area contributed by atoms with E-state index in [-0.39, 0.29) is 6.61 Å². The summed E-state index contributed by atoms with van der Waals surface area (Å²) in [6.45, 7) is 1.76. The van der Waals surface area contributed by atoms with Crippen molar-refractivity contribution in [2.75, 3.05) is 19.0 Å². The summed E-state index contributed by atoms with van der Waals surface area (Å²) in [4.78, 5) is 10.8. The fraction of sp³-hybridized carbons (Fsp3) is 0.364. The number of rotatable bonds is 5. The van der Waals surface area contributed by atoms with E-state index < -0.39 is 17.8 Å². The fourth-order valence-electron chi connectivity index (χ4n) is 1.36. The Balaban J connectivity index is 2.80. The van der Waals surface area contributed by atoms with E-state index in [0.29, 0.717) is 5.69 Å². The topological polar surface area (TPSA) is 58.6 Å². The lowest BCUT2D eigenvalue weighted by atomic mass is 10.2. The molecule has 1 rings (SSSR count). The van der Waals surface area contributed by atoms with Crippen molar-refractivity contribution in [1.29, 1.82) is 0 Å². The molecular formula is C11H14FNO3. The highest BCUT2D eigenvalue weighted by Crippen LogP contribution is 2.14. The van der Waals surface area contributed by atoms with Crippen molar-refractivity contribution in [3.63, 3.8) is 0 Å². The van der Waals surface area contributed by atoms with Crippen molar-refractivity contribution in [1.82, 2.24) is 0 Å². The highest BCUT2D eigenvalue weighted by Gasteiger charge is 2.16. The predicted octanol–water partition coefficient (Wildman–Crippen LogP) is 1.65. The Morgan fingerprint density at radius 3 is 2.75 bits per heavy atom. The molecule has 16 heavy (non-hydrogen) atoms. The molecule has 0 spiro atoms. The highest BCUT2D eigenvalue weighted by atomic mass is 19.1. The monoisotopic (exact) mass is 227 g/mol. The van der Waals surface area contributed by atoms with Crippen LogP contribution in [0.2, 0.25) is 0 Å². The number of ether oxygens (including phenoxy) is 1. The Labute approximate surface area is 93.0 Å². The molecule has 1 aromatic rings. The van der Waals surface area contributed by atoms with Gasteiger partial charge in [-0.25, -0.2) is 9.18 Å².